The van der Waals surface area contributed by atoms with E-state index in [2.05, 4.69) is 10.6 Å². The summed E-state index contributed by atoms with van der Waals surface area (Å²) in [4.78, 5) is 11.7. The molecule has 3 nitrogen and oxygen atoms in total. The molecule has 1 aliphatic heterocycles. The van der Waals surface area contributed by atoms with Crippen molar-refractivity contribution in [1.82, 2.24) is 10.6 Å². The van der Waals surface area contributed by atoms with Gasteiger partial charge in [-0.05, 0) is 43.5 Å². The number of halogens is 1. The number of amides is 1. The van der Waals surface area contributed by atoms with Gasteiger partial charge in [0.05, 0.1) is 6.04 Å². The van der Waals surface area contributed by atoms with E-state index >= 15 is 0 Å². The third-order valence-corrected chi connectivity index (χ3v) is 3.21. The molecule has 2 N–H and O–H groups in total. The van der Waals surface area contributed by atoms with Crippen molar-refractivity contribution in [2.75, 3.05) is 13.1 Å². The van der Waals surface area contributed by atoms with E-state index in [0.717, 1.165) is 36.4 Å². The molecule has 0 bridgehead atoms. The molecule has 0 unspecified atom stereocenters. The van der Waals surface area contributed by atoms with Gasteiger partial charge >= 0.3 is 0 Å². The Balaban J connectivity index is 1.73. The molecule has 0 saturated carbocycles. The molecular formula is C13H17ClN2O. The molecule has 1 heterocycles. The molecule has 0 radical (unpaired) electrons. The fraction of sp³-hybridized carbons (Fsp3) is 0.462. The molecule has 1 fully saturated rings. The third-order valence-electron chi connectivity index (χ3n) is 2.98. The van der Waals surface area contributed by atoms with Crippen LogP contribution < -0.4 is 10.6 Å². The maximum Gasteiger partial charge on any atom is 0.237 e. The third kappa shape index (κ3) is 3.72. The average Bonchev–Trinajstić information content (AvgIpc) is 2.82. The first-order chi connectivity index (χ1) is 8.25. The number of benzene rings is 1. The predicted octanol–water partition coefficient (Wildman–Crippen LogP) is 1.75. The fourth-order valence-corrected chi connectivity index (χ4v) is 2.27. The molecule has 1 aromatic carbocycles. The van der Waals surface area contributed by atoms with Crippen molar-refractivity contribution in [3.05, 3.63) is 34.9 Å². The van der Waals surface area contributed by atoms with Crippen LogP contribution in [0.25, 0.3) is 0 Å². The minimum absolute atomic E-state index is 0.00867. The van der Waals surface area contributed by atoms with Gasteiger partial charge in [-0.2, -0.15) is 0 Å². The molecule has 0 aliphatic carbocycles. The second-order valence-corrected chi connectivity index (χ2v) is 4.76. The van der Waals surface area contributed by atoms with Gasteiger partial charge in [-0.1, -0.05) is 23.7 Å². The summed E-state index contributed by atoms with van der Waals surface area (Å²) in [6.07, 6.45) is 2.86. The lowest BCUT2D eigenvalue weighted by Gasteiger charge is -2.10. The van der Waals surface area contributed by atoms with Crippen molar-refractivity contribution in [2.45, 2.75) is 25.3 Å². The lowest BCUT2D eigenvalue weighted by molar-refractivity contribution is -0.122. The lowest BCUT2D eigenvalue weighted by atomic mass is 10.1. The average molecular weight is 253 g/mol. The Labute approximate surface area is 107 Å². The molecular weight excluding hydrogens is 236 g/mol. The Morgan fingerprint density at radius 2 is 2.41 bits per heavy atom. The summed E-state index contributed by atoms with van der Waals surface area (Å²) in [7, 11) is 0. The molecule has 17 heavy (non-hydrogen) atoms. The maximum absolute atomic E-state index is 11.7. The largest absolute Gasteiger partial charge is 0.354 e. The van der Waals surface area contributed by atoms with Crippen molar-refractivity contribution < 1.29 is 4.79 Å². The van der Waals surface area contributed by atoms with Gasteiger partial charge in [-0.25, -0.2) is 0 Å². The summed E-state index contributed by atoms with van der Waals surface area (Å²) in [6, 6.07) is 7.74. The lowest BCUT2D eigenvalue weighted by Crippen LogP contribution is -2.41. The molecule has 0 spiro atoms. The number of hydrogen-bond donors (Lipinski definition) is 2. The van der Waals surface area contributed by atoms with Crippen molar-refractivity contribution in [3.8, 4) is 0 Å². The van der Waals surface area contributed by atoms with Crippen LogP contribution in [-0.4, -0.2) is 25.0 Å². The van der Waals surface area contributed by atoms with E-state index < -0.39 is 0 Å². The van der Waals surface area contributed by atoms with Gasteiger partial charge in [-0.3, -0.25) is 4.79 Å². The first kappa shape index (κ1) is 12.4. The van der Waals surface area contributed by atoms with Gasteiger partial charge in [0.2, 0.25) is 5.91 Å². The van der Waals surface area contributed by atoms with Gasteiger partial charge in [0.1, 0.15) is 0 Å². The van der Waals surface area contributed by atoms with E-state index in [9.17, 15) is 4.79 Å². The van der Waals surface area contributed by atoms with Crippen LogP contribution in [-0.2, 0) is 11.2 Å². The molecule has 1 aromatic rings. The molecule has 0 aromatic heterocycles. The zero-order chi connectivity index (χ0) is 12.1. The standard InChI is InChI=1S/C13H17ClN2O/c14-11-4-1-3-10(9-11)6-8-16-13(17)12-5-2-7-15-12/h1,3-4,9,12,15H,2,5-8H2,(H,16,17)/t12-/m1/s1. The second-order valence-electron chi connectivity index (χ2n) is 4.32. The minimum Gasteiger partial charge on any atom is -0.354 e. The van der Waals surface area contributed by atoms with Crippen LogP contribution in [0.5, 0.6) is 0 Å². The smallest absolute Gasteiger partial charge is 0.237 e. The molecule has 1 saturated heterocycles. The molecule has 92 valence electrons. The topological polar surface area (TPSA) is 41.1 Å². The Bertz CT molecular complexity index is 389. The zero-order valence-corrected chi connectivity index (χ0v) is 10.5. The minimum atomic E-state index is 0.00867. The zero-order valence-electron chi connectivity index (χ0n) is 9.71. The van der Waals surface area contributed by atoms with Crippen LogP contribution in [0.2, 0.25) is 5.02 Å². The van der Waals surface area contributed by atoms with Crippen molar-refractivity contribution in [3.63, 3.8) is 0 Å². The van der Waals surface area contributed by atoms with E-state index in [0.29, 0.717) is 6.54 Å². The summed E-state index contributed by atoms with van der Waals surface area (Å²) in [5.74, 6) is 0.115. The highest BCUT2D eigenvalue weighted by molar-refractivity contribution is 6.30. The van der Waals surface area contributed by atoms with Gasteiger partial charge < -0.3 is 10.6 Å². The maximum atomic E-state index is 11.7. The Hall–Kier alpha value is -1.06. The van der Waals surface area contributed by atoms with Gasteiger partial charge in [0.25, 0.3) is 0 Å². The van der Waals surface area contributed by atoms with Gasteiger partial charge in [-0.15, -0.1) is 0 Å². The number of carbonyl (C=O) groups is 1. The Morgan fingerprint density at radius 1 is 1.53 bits per heavy atom. The highest BCUT2D eigenvalue weighted by Gasteiger charge is 2.21. The summed E-state index contributed by atoms with van der Waals surface area (Å²) in [6.45, 7) is 1.61. The summed E-state index contributed by atoms with van der Waals surface area (Å²) < 4.78 is 0. The van der Waals surface area contributed by atoms with E-state index in [4.69, 9.17) is 11.6 Å². The monoisotopic (exact) mass is 252 g/mol. The van der Waals surface area contributed by atoms with Crippen LogP contribution in [0, 0.1) is 0 Å². The molecule has 4 heteroatoms. The van der Waals surface area contributed by atoms with Gasteiger partial charge in [0, 0.05) is 11.6 Å². The molecule has 1 atom stereocenters. The Morgan fingerprint density at radius 3 is 3.12 bits per heavy atom. The van der Waals surface area contributed by atoms with Crippen LogP contribution in [0.15, 0.2) is 24.3 Å². The number of nitrogens with one attached hydrogen (secondary N) is 2. The number of hydrogen-bond acceptors (Lipinski definition) is 2. The van der Waals surface area contributed by atoms with E-state index in [1.807, 2.05) is 24.3 Å². The van der Waals surface area contributed by atoms with Crippen molar-refractivity contribution >= 4 is 17.5 Å². The van der Waals surface area contributed by atoms with E-state index in [1.54, 1.807) is 0 Å². The van der Waals surface area contributed by atoms with Crippen LogP contribution in [0.3, 0.4) is 0 Å². The van der Waals surface area contributed by atoms with E-state index in [-0.39, 0.29) is 11.9 Å². The highest BCUT2D eigenvalue weighted by Crippen LogP contribution is 2.10. The molecule has 1 amide bonds. The predicted molar refractivity (Wildman–Crippen MR) is 69.2 cm³/mol. The summed E-state index contributed by atoms with van der Waals surface area (Å²) >= 11 is 5.89. The SMILES string of the molecule is O=C(NCCc1cccc(Cl)c1)[C@H]1CCCN1. The van der Waals surface area contributed by atoms with Crippen LogP contribution >= 0.6 is 11.6 Å². The summed E-state index contributed by atoms with van der Waals surface area (Å²) in [5.41, 5.74) is 1.15. The summed E-state index contributed by atoms with van der Waals surface area (Å²) in [5, 5.41) is 6.87. The second kappa shape index (κ2) is 6.03. The van der Waals surface area contributed by atoms with Crippen LogP contribution in [0.1, 0.15) is 18.4 Å². The van der Waals surface area contributed by atoms with E-state index in [1.165, 1.54) is 0 Å². The molecule has 2 rings (SSSR count). The number of rotatable bonds is 4. The normalized spacial score (nSPS) is 19.2. The number of carbonyl (C=O) groups excluding carboxylic acids is 1. The van der Waals surface area contributed by atoms with Crippen molar-refractivity contribution in [2.24, 2.45) is 0 Å². The molecule has 1 aliphatic rings. The quantitative estimate of drug-likeness (QED) is 0.857. The van der Waals surface area contributed by atoms with Crippen LogP contribution in [0.4, 0.5) is 0 Å². The first-order valence-corrected chi connectivity index (χ1v) is 6.39. The first-order valence-electron chi connectivity index (χ1n) is 6.01. The Kier molecular flexibility index (Phi) is 4.40. The van der Waals surface area contributed by atoms with Crippen molar-refractivity contribution in [1.29, 1.82) is 0 Å². The fourth-order valence-electron chi connectivity index (χ4n) is 2.05. The highest BCUT2D eigenvalue weighted by atomic mass is 35.5. The van der Waals surface area contributed by atoms with Gasteiger partial charge in [0.15, 0.2) is 0 Å².